The summed E-state index contributed by atoms with van der Waals surface area (Å²) in [6, 6.07) is 16.5. The molecule has 6 heteroatoms. The van der Waals surface area contributed by atoms with Crippen LogP contribution in [0.4, 0.5) is 16.2 Å². The molecular weight excluding hydrogens is 310 g/mol. The molecule has 3 amide bonds. The van der Waals surface area contributed by atoms with Crippen LogP contribution >= 0.6 is 11.8 Å². The van der Waals surface area contributed by atoms with Crippen molar-refractivity contribution in [3.05, 3.63) is 54.6 Å². The topological polar surface area (TPSA) is 70.2 Å². The summed E-state index contributed by atoms with van der Waals surface area (Å²) in [6.45, 7) is 1.87. The van der Waals surface area contributed by atoms with Crippen LogP contribution in [0, 0.1) is 0 Å². The number of nitrogens with one attached hydrogen (secondary N) is 3. The van der Waals surface area contributed by atoms with Gasteiger partial charge in [0.1, 0.15) is 0 Å². The molecular formula is C17H19N3O2S. The number of rotatable bonds is 5. The molecule has 3 N–H and O–H groups in total. The highest BCUT2D eigenvalue weighted by Crippen LogP contribution is 2.24. The lowest BCUT2D eigenvalue weighted by Crippen LogP contribution is -2.24. The van der Waals surface area contributed by atoms with E-state index in [0.29, 0.717) is 11.4 Å². The molecule has 0 aliphatic heterocycles. The highest BCUT2D eigenvalue weighted by Gasteiger charge is 2.14. The Kier molecular flexibility index (Phi) is 6.05. The van der Waals surface area contributed by atoms with Crippen molar-refractivity contribution < 1.29 is 9.59 Å². The molecule has 0 aliphatic rings. The Balaban J connectivity index is 1.90. The third-order valence-corrected chi connectivity index (χ3v) is 4.17. The summed E-state index contributed by atoms with van der Waals surface area (Å²) in [7, 11) is 1.55. The summed E-state index contributed by atoms with van der Waals surface area (Å²) in [5, 5.41) is 7.80. The van der Waals surface area contributed by atoms with E-state index in [1.165, 1.54) is 11.8 Å². The van der Waals surface area contributed by atoms with Crippen LogP contribution in [-0.4, -0.2) is 24.2 Å². The predicted molar refractivity (Wildman–Crippen MR) is 94.9 cm³/mol. The molecule has 0 unspecified atom stereocenters. The zero-order chi connectivity index (χ0) is 16.7. The first-order chi connectivity index (χ1) is 11.1. The van der Waals surface area contributed by atoms with Gasteiger partial charge in [-0.2, -0.15) is 0 Å². The van der Waals surface area contributed by atoms with Crippen LogP contribution in [0.5, 0.6) is 0 Å². The number of carbonyl (C=O) groups is 2. The van der Waals surface area contributed by atoms with Gasteiger partial charge in [0.2, 0.25) is 5.91 Å². The van der Waals surface area contributed by atoms with Crippen LogP contribution < -0.4 is 16.0 Å². The summed E-state index contributed by atoms with van der Waals surface area (Å²) in [5.41, 5.74) is 1.35. The Morgan fingerprint density at radius 3 is 2.04 bits per heavy atom. The van der Waals surface area contributed by atoms with Crippen LogP contribution in [-0.2, 0) is 4.79 Å². The molecule has 0 radical (unpaired) electrons. The van der Waals surface area contributed by atoms with E-state index in [4.69, 9.17) is 0 Å². The van der Waals surface area contributed by atoms with Crippen LogP contribution in [0.3, 0.4) is 0 Å². The summed E-state index contributed by atoms with van der Waals surface area (Å²) < 4.78 is 0. The minimum absolute atomic E-state index is 0.0640. The van der Waals surface area contributed by atoms with Crippen LogP contribution in [0.25, 0.3) is 0 Å². The van der Waals surface area contributed by atoms with Crippen molar-refractivity contribution in [1.29, 1.82) is 0 Å². The van der Waals surface area contributed by atoms with Crippen LogP contribution in [0.2, 0.25) is 0 Å². The van der Waals surface area contributed by atoms with E-state index in [2.05, 4.69) is 16.0 Å². The Hall–Kier alpha value is -2.47. The van der Waals surface area contributed by atoms with Crippen molar-refractivity contribution in [1.82, 2.24) is 5.32 Å². The maximum absolute atomic E-state index is 12.2. The van der Waals surface area contributed by atoms with Crippen molar-refractivity contribution in [3.63, 3.8) is 0 Å². The second kappa shape index (κ2) is 8.24. The quantitative estimate of drug-likeness (QED) is 0.735. The number of amides is 3. The molecule has 120 valence electrons. The molecule has 0 heterocycles. The normalized spacial score (nSPS) is 11.4. The van der Waals surface area contributed by atoms with Crippen molar-refractivity contribution in [2.24, 2.45) is 0 Å². The zero-order valence-electron chi connectivity index (χ0n) is 13.0. The lowest BCUT2D eigenvalue weighted by Gasteiger charge is -2.12. The average molecular weight is 329 g/mol. The molecule has 0 fully saturated rings. The van der Waals surface area contributed by atoms with E-state index in [-0.39, 0.29) is 17.2 Å². The Morgan fingerprint density at radius 1 is 0.913 bits per heavy atom. The largest absolute Gasteiger partial charge is 0.341 e. The monoisotopic (exact) mass is 329 g/mol. The number of urea groups is 1. The molecule has 0 saturated heterocycles. The molecule has 0 aromatic heterocycles. The second-order valence-electron chi connectivity index (χ2n) is 4.84. The average Bonchev–Trinajstić information content (AvgIpc) is 2.57. The van der Waals surface area contributed by atoms with Gasteiger partial charge in [-0.05, 0) is 43.3 Å². The highest BCUT2D eigenvalue weighted by molar-refractivity contribution is 8.00. The molecule has 0 bridgehead atoms. The highest BCUT2D eigenvalue weighted by atomic mass is 32.2. The lowest BCUT2D eigenvalue weighted by molar-refractivity contribution is -0.115. The molecule has 0 saturated carbocycles. The third-order valence-electron chi connectivity index (χ3n) is 3.06. The predicted octanol–water partition coefficient (Wildman–Crippen LogP) is 3.56. The van der Waals surface area contributed by atoms with Gasteiger partial charge in [-0.15, -0.1) is 11.8 Å². The van der Waals surface area contributed by atoms with Crippen molar-refractivity contribution >= 4 is 35.1 Å². The second-order valence-corrected chi connectivity index (χ2v) is 6.26. The molecule has 0 spiro atoms. The van der Waals surface area contributed by atoms with E-state index in [9.17, 15) is 9.59 Å². The van der Waals surface area contributed by atoms with Crippen molar-refractivity contribution in [3.8, 4) is 0 Å². The van der Waals surface area contributed by atoms with Crippen molar-refractivity contribution in [2.75, 3.05) is 17.7 Å². The molecule has 0 aliphatic carbocycles. The molecule has 2 aromatic rings. The molecule has 23 heavy (non-hydrogen) atoms. The molecule has 1 atom stereocenters. The minimum atomic E-state index is -0.283. The fraction of sp³-hybridized carbons (Fsp3) is 0.176. The molecule has 2 rings (SSSR count). The van der Waals surface area contributed by atoms with Gasteiger partial charge in [0.05, 0.1) is 5.25 Å². The number of hydrogen-bond donors (Lipinski definition) is 3. The van der Waals surface area contributed by atoms with Gasteiger partial charge in [0.25, 0.3) is 0 Å². The van der Waals surface area contributed by atoms with Gasteiger partial charge in [-0.1, -0.05) is 18.2 Å². The van der Waals surface area contributed by atoms with Crippen LogP contribution in [0.15, 0.2) is 59.5 Å². The first kappa shape index (κ1) is 16.9. The van der Waals surface area contributed by atoms with E-state index in [1.54, 1.807) is 31.3 Å². The lowest BCUT2D eigenvalue weighted by atomic mass is 10.2. The van der Waals surface area contributed by atoms with Gasteiger partial charge in [0, 0.05) is 23.3 Å². The summed E-state index contributed by atoms with van der Waals surface area (Å²) >= 11 is 1.51. The standard InChI is InChI=1S/C17H19N3O2S/c1-12(23-15-6-4-3-5-7-15)16(21)19-13-8-10-14(11-9-13)20-17(22)18-2/h3-12H,1-2H3,(H,19,21)(H2,18,20,22)/t12-/m0/s1. The Bertz CT molecular complexity index is 659. The van der Waals surface area contributed by atoms with Gasteiger partial charge >= 0.3 is 6.03 Å². The zero-order valence-corrected chi connectivity index (χ0v) is 13.8. The summed E-state index contributed by atoms with van der Waals surface area (Å²) in [6.07, 6.45) is 0. The maximum atomic E-state index is 12.2. The molecule has 2 aromatic carbocycles. The third kappa shape index (κ3) is 5.34. The Morgan fingerprint density at radius 2 is 1.48 bits per heavy atom. The number of anilines is 2. The fourth-order valence-electron chi connectivity index (χ4n) is 1.83. The number of hydrogen-bond acceptors (Lipinski definition) is 3. The number of thioether (sulfide) groups is 1. The fourth-order valence-corrected chi connectivity index (χ4v) is 2.72. The van der Waals surface area contributed by atoms with E-state index in [1.807, 2.05) is 37.3 Å². The first-order valence-electron chi connectivity index (χ1n) is 7.20. The van der Waals surface area contributed by atoms with Gasteiger partial charge in [-0.3, -0.25) is 4.79 Å². The van der Waals surface area contributed by atoms with Crippen molar-refractivity contribution in [2.45, 2.75) is 17.1 Å². The first-order valence-corrected chi connectivity index (χ1v) is 8.08. The van der Waals surface area contributed by atoms with Gasteiger partial charge in [0.15, 0.2) is 0 Å². The summed E-state index contributed by atoms with van der Waals surface area (Å²) in [4.78, 5) is 24.5. The van der Waals surface area contributed by atoms with Crippen LogP contribution in [0.1, 0.15) is 6.92 Å². The van der Waals surface area contributed by atoms with Gasteiger partial charge < -0.3 is 16.0 Å². The van der Waals surface area contributed by atoms with E-state index < -0.39 is 0 Å². The smallest absolute Gasteiger partial charge is 0.318 e. The van der Waals surface area contributed by atoms with E-state index in [0.717, 1.165) is 4.90 Å². The molecule has 5 nitrogen and oxygen atoms in total. The van der Waals surface area contributed by atoms with Gasteiger partial charge in [-0.25, -0.2) is 4.79 Å². The SMILES string of the molecule is CNC(=O)Nc1ccc(NC(=O)[C@H](C)Sc2ccccc2)cc1. The Labute approximate surface area is 139 Å². The number of carbonyl (C=O) groups excluding carboxylic acids is 2. The minimum Gasteiger partial charge on any atom is -0.341 e. The van der Waals surface area contributed by atoms with E-state index >= 15 is 0 Å². The maximum Gasteiger partial charge on any atom is 0.318 e. The summed E-state index contributed by atoms with van der Waals surface area (Å²) in [5.74, 6) is -0.0640. The number of benzene rings is 2.